The van der Waals surface area contributed by atoms with Crippen molar-refractivity contribution in [1.82, 2.24) is 0 Å². The third kappa shape index (κ3) is 4.71. The molecule has 4 aromatic rings. The van der Waals surface area contributed by atoms with E-state index in [4.69, 9.17) is 0 Å². The Morgan fingerprint density at radius 2 is 0.781 bits per heavy atom. The molecule has 2 heterocycles. The molecule has 2 aromatic heterocycles. The van der Waals surface area contributed by atoms with Crippen molar-refractivity contribution in [3.8, 4) is 0 Å². The van der Waals surface area contributed by atoms with Gasteiger partial charge in [-0.05, 0) is 48.5 Å². The quantitative estimate of drug-likeness (QED) is 0.203. The van der Waals surface area contributed by atoms with Crippen LogP contribution in [0.15, 0.2) is 108 Å². The van der Waals surface area contributed by atoms with Gasteiger partial charge in [0.1, 0.15) is 0 Å². The van der Waals surface area contributed by atoms with Crippen molar-refractivity contribution in [2.75, 3.05) is 0 Å². The highest BCUT2D eigenvalue weighted by Gasteiger charge is 2.11. The van der Waals surface area contributed by atoms with Crippen LogP contribution in [-0.4, -0.2) is 11.6 Å². The number of rotatable bonds is 6. The Balaban J connectivity index is 1.43. The zero-order valence-electron chi connectivity index (χ0n) is 16.7. The summed E-state index contributed by atoms with van der Waals surface area (Å²) in [6.07, 6.45) is 5.09. The summed E-state index contributed by atoms with van der Waals surface area (Å²) in [4.78, 5) is 24.9. The van der Waals surface area contributed by atoms with E-state index >= 15 is 0 Å². The van der Waals surface area contributed by atoms with E-state index in [9.17, 15) is 20.0 Å². The van der Waals surface area contributed by atoms with Gasteiger partial charge in [0, 0.05) is 46.5 Å². The predicted octanol–water partition coefficient (Wildman–Crippen LogP) is 3.83. The normalized spacial score (nSPS) is 10.9. The minimum Gasteiger partial charge on any atom is -0.619 e. The first-order valence-electron chi connectivity index (χ1n) is 9.58. The van der Waals surface area contributed by atoms with Crippen LogP contribution in [0.25, 0.3) is 0 Å². The molecular formula is C24H16N4O4. The molecule has 0 aliphatic carbocycles. The number of carbonyl (C=O) groups excluding carboxylic acids is 2. The number of carbonyl (C=O) groups is 2. The Morgan fingerprint density at radius 3 is 1.09 bits per heavy atom. The highest BCUT2D eigenvalue weighted by molar-refractivity contribution is 6.09. The second-order valence-corrected chi connectivity index (χ2v) is 6.85. The molecule has 0 radical (unpaired) electrons. The highest BCUT2D eigenvalue weighted by Crippen LogP contribution is 2.21. The number of pyridine rings is 2. The maximum atomic E-state index is 12.4. The SMILES string of the molecule is O=C(c1ccc(N=Nc2ccc(C(=O)c3cc[n+]([O-])cc3)cc2)cc1)c1cc[n+]([O-])cc1. The van der Waals surface area contributed by atoms with Crippen molar-refractivity contribution < 1.29 is 19.0 Å². The summed E-state index contributed by atoms with van der Waals surface area (Å²) in [5.74, 6) is -0.393. The molecule has 8 nitrogen and oxygen atoms in total. The fraction of sp³-hybridized carbons (Fsp3) is 0. The lowest BCUT2D eigenvalue weighted by Gasteiger charge is -2.02. The zero-order chi connectivity index (χ0) is 22.5. The van der Waals surface area contributed by atoms with Crippen LogP contribution in [0.4, 0.5) is 11.4 Å². The van der Waals surface area contributed by atoms with Gasteiger partial charge in [0.2, 0.25) is 0 Å². The highest BCUT2D eigenvalue weighted by atomic mass is 16.5. The number of hydrogen-bond donors (Lipinski definition) is 0. The molecule has 0 fully saturated rings. The maximum absolute atomic E-state index is 12.4. The van der Waals surface area contributed by atoms with Gasteiger partial charge in [0.15, 0.2) is 36.4 Å². The molecule has 156 valence electrons. The largest absolute Gasteiger partial charge is 0.619 e. The molecule has 0 unspecified atom stereocenters. The van der Waals surface area contributed by atoms with E-state index in [2.05, 4.69) is 10.2 Å². The minimum atomic E-state index is -0.196. The van der Waals surface area contributed by atoms with Crippen LogP contribution in [0.1, 0.15) is 31.8 Å². The van der Waals surface area contributed by atoms with E-state index in [-0.39, 0.29) is 11.6 Å². The molecule has 0 bridgehead atoms. The summed E-state index contributed by atoms with van der Waals surface area (Å²) in [5, 5.41) is 30.5. The lowest BCUT2D eigenvalue weighted by molar-refractivity contribution is -0.605. The van der Waals surface area contributed by atoms with E-state index in [1.54, 1.807) is 48.5 Å². The lowest BCUT2D eigenvalue weighted by Crippen LogP contribution is -2.24. The molecule has 0 aliphatic heterocycles. The van der Waals surface area contributed by atoms with Crippen LogP contribution in [0.5, 0.6) is 0 Å². The Morgan fingerprint density at radius 1 is 0.500 bits per heavy atom. The van der Waals surface area contributed by atoms with E-state index in [0.717, 1.165) is 0 Å². The molecule has 0 saturated carbocycles. The molecule has 4 rings (SSSR count). The van der Waals surface area contributed by atoms with Gasteiger partial charge in [-0.25, -0.2) is 0 Å². The smallest absolute Gasteiger partial charge is 0.193 e. The van der Waals surface area contributed by atoms with Crippen LogP contribution < -0.4 is 9.46 Å². The molecular weight excluding hydrogens is 408 g/mol. The first-order valence-corrected chi connectivity index (χ1v) is 9.58. The summed E-state index contributed by atoms with van der Waals surface area (Å²) in [6, 6.07) is 19.1. The monoisotopic (exact) mass is 424 g/mol. The van der Waals surface area contributed by atoms with Crippen LogP contribution >= 0.6 is 0 Å². The van der Waals surface area contributed by atoms with Crippen LogP contribution in [-0.2, 0) is 0 Å². The van der Waals surface area contributed by atoms with Gasteiger partial charge < -0.3 is 10.4 Å². The Hall–Kier alpha value is -4.72. The summed E-state index contributed by atoms with van der Waals surface area (Å²) in [5.41, 5.74) is 2.90. The lowest BCUT2D eigenvalue weighted by atomic mass is 10.0. The fourth-order valence-corrected chi connectivity index (χ4v) is 2.94. The van der Waals surface area contributed by atoms with Crippen molar-refractivity contribution in [2.45, 2.75) is 0 Å². The number of hydrogen-bond acceptors (Lipinski definition) is 6. The van der Waals surface area contributed by atoms with Gasteiger partial charge >= 0.3 is 0 Å². The van der Waals surface area contributed by atoms with Crippen molar-refractivity contribution in [3.63, 3.8) is 0 Å². The molecule has 0 N–H and O–H groups in total. The summed E-state index contributed by atoms with van der Waals surface area (Å²) in [7, 11) is 0. The summed E-state index contributed by atoms with van der Waals surface area (Å²) >= 11 is 0. The van der Waals surface area contributed by atoms with Crippen molar-refractivity contribution >= 4 is 22.9 Å². The van der Waals surface area contributed by atoms with Crippen LogP contribution in [0, 0.1) is 10.4 Å². The first kappa shape index (κ1) is 20.5. The number of aromatic nitrogens is 2. The Labute approximate surface area is 182 Å². The van der Waals surface area contributed by atoms with Gasteiger partial charge in [-0.15, -0.1) is 0 Å². The van der Waals surface area contributed by atoms with Crippen molar-refractivity contribution in [1.29, 1.82) is 0 Å². The van der Waals surface area contributed by atoms with Gasteiger partial charge in [-0.1, -0.05) is 0 Å². The average molecular weight is 424 g/mol. The first-order chi connectivity index (χ1) is 15.5. The van der Waals surface area contributed by atoms with E-state index in [0.29, 0.717) is 43.1 Å². The molecule has 8 heteroatoms. The topological polar surface area (TPSA) is 113 Å². The molecule has 0 atom stereocenters. The maximum Gasteiger partial charge on any atom is 0.193 e. The van der Waals surface area contributed by atoms with Crippen LogP contribution in [0.3, 0.4) is 0 Å². The number of nitrogens with zero attached hydrogens (tertiary/aromatic N) is 4. The molecule has 0 amide bonds. The second kappa shape index (κ2) is 8.97. The zero-order valence-corrected chi connectivity index (χ0v) is 16.7. The predicted molar refractivity (Wildman–Crippen MR) is 115 cm³/mol. The van der Waals surface area contributed by atoms with Gasteiger partial charge in [0.05, 0.1) is 11.4 Å². The summed E-state index contributed by atoms with van der Waals surface area (Å²) in [6.45, 7) is 0. The number of ketones is 2. The van der Waals surface area contributed by atoms with E-state index in [1.165, 1.54) is 49.1 Å². The third-order valence-electron chi connectivity index (χ3n) is 4.67. The third-order valence-corrected chi connectivity index (χ3v) is 4.67. The molecule has 2 aromatic carbocycles. The average Bonchev–Trinajstić information content (AvgIpc) is 2.83. The van der Waals surface area contributed by atoms with Gasteiger partial charge in [-0.3, -0.25) is 9.59 Å². The second-order valence-electron chi connectivity index (χ2n) is 6.85. The van der Waals surface area contributed by atoms with Gasteiger partial charge in [0.25, 0.3) is 0 Å². The van der Waals surface area contributed by atoms with E-state index < -0.39 is 0 Å². The fourth-order valence-electron chi connectivity index (χ4n) is 2.94. The molecule has 32 heavy (non-hydrogen) atoms. The van der Waals surface area contributed by atoms with Crippen molar-refractivity contribution in [2.24, 2.45) is 10.2 Å². The minimum absolute atomic E-state index is 0.196. The Bertz CT molecular complexity index is 1180. The Kier molecular flexibility index (Phi) is 5.76. The van der Waals surface area contributed by atoms with E-state index in [1.807, 2.05) is 0 Å². The number of benzene rings is 2. The number of azo groups is 1. The van der Waals surface area contributed by atoms with Gasteiger partial charge in [-0.2, -0.15) is 19.7 Å². The summed E-state index contributed by atoms with van der Waals surface area (Å²) < 4.78 is 1.24. The molecule has 0 spiro atoms. The molecule has 0 aliphatic rings. The van der Waals surface area contributed by atoms with Crippen LogP contribution in [0.2, 0.25) is 0 Å². The molecule has 0 saturated heterocycles. The van der Waals surface area contributed by atoms with Crippen molar-refractivity contribution in [3.05, 3.63) is 130 Å². The standard InChI is InChI=1S/C24H16N4O4/c29-23(19-9-13-27(31)14-10-19)17-1-5-21(6-2-17)25-26-22-7-3-18(4-8-22)24(30)20-11-15-28(32)16-12-20/h1-16H.